The van der Waals surface area contributed by atoms with E-state index in [0.717, 1.165) is 10.7 Å². The number of hydrogen-bond donors (Lipinski definition) is 2. The average Bonchev–Trinajstić information content (AvgIpc) is 3.16. The Morgan fingerprint density at radius 2 is 2.17 bits per heavy atom. The van der Waals surface area contributed by atoms with Crippen LogP contribution in [0.2, 0.25) is 0 Å². The number of benzene rings is 1. The van der Waals surface area contributed by atoms with Crippen molar-refractivity contribution in [1.29, 1.82) is 0 Å². The number of tetrazole rings is 1. The molecule has 114 valence electrons. The Kier molecular flexibility index (Phi) is 3.52. The van der Waals surface area contributed by atoms with E-state index in [9.17, 15) is 5.11 Å². The fourth-order valence-electron chi connectivity index (χ4n) is 2.46. The number of H-pyrrole nitrogens is 1. The lowest BCUT2D eigenvalue weighted by Gasteiger charge is -2.22. The summed E-state index contributed by atoms with van der Waals surface area (Å²) in [6, 6.07) is 5.28. The molecule has 0 radical (unpaired) electrons. The van der Waals surface area contributed by atoms with Crippen LogP contribution in [-0.2, 0) is 0 Å². The molecule has 4 rings (SSSR count). The molecule has 3 aromatic rings. The van der Waals surface area contributed by atoms with E-state index in [1.807, 2.05) is 0 Å². The summed E-state index contributed by atoms with van der Waals surface area (Å²) in [6.45, 7) is 0. The molecule has 1 fully saturated rings. The SMILES string of the molecule is Oc1c(C#Cc2nc(C3CCC3)cs2)cccc1-c1nn[nH]n1. The minimum atomic E-state index is 0.0529. The summed E-state index contributed by atoms with van der Waals surface area (Å²) in [5.74, 6) is 7.01. The van der Waals surface area contributed by atoms with Crippen molar-refractivity contribution < 1.29 is 5.11 Å². The zero-order valence-corrected chi connectivity index (χ0v) is 13.0. The summed E-state index contributed by atoms with van der Waals surface area (Å²) >= 11 is 1.55. The summed E-state index contributed by atoms with van der Waals surface area (Å²) in [7, 11) is 0. The van der Waals surface area contributed by atoms with Gasteiger partial charge in [-0.3, -0.25) is 0 Å². The van der Waals surface area contributed by atoms with E-state index in [1.54, 1.807) is 29.5 Å². The van der Waals surface area contributed by atoms with Gasteiger partial charge in [0.1, 0.15) is 5.75 Å². The van der Waals surface area contributed by atoms with Gasteiger partial charge in [-0.25, -0.2) is 4.98 Å². The van der Waals surface area contributed by atoms with Crippen LogP contribution in [0.25, 0.3) is 11.4 Å². The molecule has 1 aliphatic rings. The number of rotatable bonds is 2. The number of phenols is 1. The fourth-order valence-corrected chi connectivity index (χ4v) is 3.20. The number of nitrogens with zero attached hydrogens (tertiary/aromatic N) is 4. The van der Waals surface area contributed by atoms with Crippen molar-refractivity contribution in [3.8, 4) is 29.0 Å². The van der Waals surface area contributed by atoms with Gasteiger partial charge < -0.3 is 5.11 Å². The molecule has 2 N–H and O–H groups in total. The van der Waals surface area contributed by atoms with E-state index in [4.69, 9.17) is 0 Å². The van der Waals surface area contributed by atoms with Crippen molar-refractivity contribution in [3.63, 3.8) is 0 Å². The molecule has 1 aromatic carbocycles. The summed E-state index contributed by atoms with van der Waals surface area (Å²) in [5, 5.41) is 26.8. The van der Waals surface area contributed by atoms with E-state index >= 15 is 0 Å². The van der Waals surface area contributed by atoms with E-state index in [0.29, 0.717) is 22.9 Å². The third-order valence-electron chi connectivity index (χ3n) is 3.97. The smallest absolute Gasteiger partial charge is 0.208 e. The second-order valence-electron chi connectivity index (χ2n) is 5.39. The molecule has 0 saturated heterocycles. The maximum absolute atomic E-state index is 10.3. The Morgan fingerprint density at radius 3 is 2.91 bits per heavy atom. The number of thiazole rings is 1. The normalized spacial score (nSPS) is 14.1. The van der Waals surface area contributed by atoms with Crippen LogP contribution in [0.15, 0.2) is 23.6 Å². The van der Waals surface area contributed by atoms with Crippen LogP contribution in [0.4, 0.5) is 0 Å². The van der Waals surface area contributed by atoms with Gasteiger partial charge in [-0.2, -0.15) is 5.21 Å². The van der Waals surface area contributed by atoms with Crippen LogP contribution >= 0.6 is 11.3 Å². The molecule has 7 heteroatoms. The molecule has 2 aromatic heterocycles. The minimum Gasteiger partial charge on any atom is -0.506 e. The van der Waals surface area contributed by atoms with E-state index in [-0.39, 0.29) is 5.75 Å². The first-order valence-corrected chi connectivity index (χ1v) is 8.22. The Labute approximate surface area is 136 Å². The lowest BCUT2D eigenvalue weighted by atomic mass is 9.83. The number of aromatic amines is 1. The topological polar surface area (TPSA) is 87.6 Å². The lowest BCUT2D eigenvalue weighted by Crippen LogP contribution is -2.08. The third-order valence-corrected chi connectivity index (χ3v) is 4.75. The molecule has 1 saturated carbocycles. The molecule has 1 aliphatic carbocycles. The Hall–Kier alpha value is -2.72. The van der Waals surface area contributed by atoms with Gasteiger partial charge in [-0.1, -0.05) is 18.4 Å². The molecule has 0 aliphatic heterocycles. The van der Waals surface area contributed by atoms with E-state index in [1.165, 1.54) is 19.3 Å². The maximum Gasteiger partial charge on any atom is 0.208 e. The van der Waals surface area contributed by atoms with E-state index in [2.05, 4.69) is 42.8 Å². The van der Waals surface area contributed by atoms with Gasteiger partial charge >= 0.3 is 0 Å². The lowest BCUT2D eigenvalue weighted by molar-refractivity contribution is 0.412. The molecule has 0 amide bonds. The second kappa shape index (κ2) is 5.82. The Balaban J connectivity index is 1.62. The van der Waals surface area contributed by atoms with Crippen LogP contribution in [0.5, 0.6) is 5.75 Å². The molecule has 2 heterocycles. The average molecular weight is 323 g/mol. The van der Waals surface area contributed by atoms with Crippen molar-refractivity contribution >= 4 is 11.3 Å². The van der Waals surface area contributed by atoms with Gasteiger partial charge in [0.25, 0.3) is 0 Å². The molecular formula is C16H13N5OS. The van der Waals surface area contributed by atoms with Gasteiger partial charge in [-0.05, 0) is 36.1 Å². The van der Waals surface area contributed by atoms with Gasteiger partial charge in [0, 0.05) is 11.3 Å². The predicted molar refractivity (Wildman–Crippen MR) is 86.0 cm³/mol. The Morgan fingerprint density at radius 1 is 1.26 bits per heavy atom. The van der Waals surface area contributed by atoms with Crippen molar-refractivity contribution in [2.75, 3.05) is 0 Å². The number of aromatic nitrogens is 5. The first kappa shape index (κ1) is 13.9. The standard InChI is InChI=1S/C16H13N5OS/c22-15-11(5-2-6-12(15)16-18-20-21-19-16)7-8-14-17-13(9-23-14)10-3-1-4-10/h2,5-6,9-10,22H,1,3-4H2,(H,18,19,20,21). The van der Waals surface area contributed by atoms with Gasteiger partial charge in [-0.15, -0.1) is 21.5 Å². The van der Waals surface area contributed by atoms with Crippen molar-refractivity contribution in [3.05, 3.63) is 39.8 Å². The van der Waals surface area contributed by atoms with Crippen LogP contribution in [-0.4, -0.2) is 30.7 Å². The quantitative estimate of drug-likeness (QED) is 0.708. The molecule has 23 heavy (non-hydrogen) atoms. The van der Waals surface area contributed by atoms with Crippen LogP contribution in [0, 0.1) is 11.8 Å². The van der Waals surface area contributed by atoms with Crippen molar-refractivity contribution in [2.45, 2.75) is 25.2 Å². The zero-order valence-electron chi connectivity index (χ0n) is 12.2. The van der Waals surface area contributed by atoms with Crippen LogP contribution in [0.3, 0.4) is 0 Å². The fraction of sp³-hybridized carbons (Fsp3) is 0.250. The highest BCUT2D eigenvalue weighted by Crippen LogP contribution is 2.36. The number of phenolic OH excluding ortho intramolecular Hbond substituents is 1. The summed E-state index contributed by atoms with van der Waals surface area (Å²) in [5.41, 5.74) is 2.17. The monoisotopic (exact) mass is 323 g/mol. The van der Waals surface area contributed by atoms with Crippen molar-refractivity contribution in [1.82, 2.24) is 25.6 Å². The highest BCUT2D eigenvalue weighted by atomic mass is 32.1. The van der Waals surface area contributed by atoms with Crippen LogP contribution < -0.4 is 0 Å². The van der Waals surface area contributed by atoms with E-state index < -0.39 is 0 Å². The molecule has 0 spiro atoms. The number of aromatic hydroxyl groups is 1. The predicted octanol–water partition coefficient (Wildman–Crippen LogP) is 2.70. The molecule has 6 nitrogen and oxygen atoms in total. The first-order chi connectivity index (χ1) is 11.3. The minimum absolute atomic E-state index is 0.0529. The summed E-state index contributed by atoms with van der Waals surface area (Å²) in [4.78, 5) is 4.57. The molecule has 0 unspecified atom stereocenters. The molecular weight excluding hydrogens is 310 g/mol. The number of nitrogens with one attached hydrogen (secondary N) is 1. The van der Waals surface area contributed by atoms with Crippen molar-refractivity contribution in [2.24, 2.45) is 0 Å². The first-order valence-electron chi connectivity index (χ1n) is 7.34. The second-order valence-corrected chi connectivity index (χ2v) is 6.25. The highest BCUT2D eigenvalue weighted by Gasteiger charge is 2.21. The molecule has 0 atom stereocenters. The highest BCUT2D eigenvalue weighted by molar-refractivity contribution is 7.10. The zero-order chi connectivity index (χ0) is 15.6. The Bertz CT molecular complexity index is 887. The van der Waals surface area contributed by atoms with Crippen LogP contribution in [0.1, 0.15) is 41.4 Å². The molecule has 0 bridgehead atoms. The van der Waals surface area contributed by atoms with Gasteiger partial charge in [0.15, 0.2) is 5.01 Å². The summed E-state index contributed by atoms with van der Waals surface area (Å²) in [6.07, 6.45) is 3.74. The maximum atomic E-state index is 10.3. The summed E-state index contributed by atoms with van der Waals surface area (Å²) < 4.78 is 0. The van der Waals surface area contributed by atoms with Gasteiger partial charge in [0.2, 0.25) is 5.82 Å². The van der Waals surface area contributed by atoms with Gasteiger partial charge in [0.05, 0.1) is 16.8 Å². The largest absolute Gasteiger partial charge is 0.506 e. The third kappa shape index (κ3) is 2.69. The number of para-hydroxylation sites is 1. The number of hydrogen-bond acceptors (Lipinski definition) is 6.